The van der Waals surface area contributed by atoms with Crippen molar-refractivity contribution in [3.63, 3.8) is 0 Å². The van der Waals surface area contributed by atoms with Crippen LogP contribution in [0.3, 0.4) is 0 Å². The minimum absolute atomic E-state index is 0.0424. The average molecular weight is 260 g/mol. The first-order valence-electron chi connectivity index (χ1n) is 6.03. The van der Waals surface area contributed by atoms with Gasteiger partial charge in [-0.15, -0.1) is 0 Å². The third-order valence-corrected chi connectivity index (χ3v) is 3.33. The first kappa shape index (κ1) is 14.5. The highest BCUT2D eigenvalue weighted by Crippen LogP contribution is 2.32. The van der Waals surface area contributed by atoms with Crippen molar-refractivity contribution in [3.8, 4) is 0 Å². The smallest absolute Gasteiger partial charge is 0.132 e. The molecule has 0 aromatic carbocycles. The molecule has 0 aliphatic heterocycles. The van der Waals surface area contributed by atoms with Crippen molar-refractivity contribution < 1.29 is 5.11 Å². The summed E-state index contributed by atoms with van der Waals surface area (Å²) in [5.41, 5.74) is 1.62. The van der Waals surface area contributed by atoms with E-state index >= 15 is 0 Å². The quantitative estimate of drug-likeness (QED) is 0.853. The highest BCUT2D eigenvalue weighted by Gasteiger charge is 2.26. The van der Waals surface area contributed by atoms with Gasteiger partial charge < -0.3 is 10.4 Å². The van der Waals surface area contributed by atoms with Crippen LogP contribution in [-0.2, 0) is 7.05 Å². The molecule has 5 heteroatoms. The number of rotatable bonds is 5. The Labute approximate surface area is 108 Å². The molecular weight excluding hydrogens is 238 g/mol. The molecule has 98 valence electrons. The van der Waals surface area contributed by atoms with Crippen molar-refractivity contribution in [1.82, 2.24) is 15.1 Å². The highest BCUT2D eigenvalue weighted by molar-refractivity contribution is 6.30. The number of halogens is 1. The van der Waals surface area contributed by atoms with Crippen molar-refractivity contribution in [3.05, 3.63) is 16.4 Å². The van der Waals surface area contributed by atoms with E-state index in [9.17, 15) is 5.11 Å². The van der Waals surface area contributed by atoms with Crippen LogP contribution in [0.2, 0.25) is 5.15 Å². The molecule has 2 N–H and O–H groups in total. The van der Waals surface area contributed by atoms with Gasteiger partial charge in [0.2, 0.25) is 0 Å². The lowest BCUT2D eigenvalue weighted by molar-refractivity contribution is 0.136. The van der Waals surface area contributed by atoms with Crippen LogP contribution in [-0.4, -0.2) is 27.5 Å². The summed E-state index contributed by atoms with van der Waals surface area (Å²) in [6.07, 6.45) is -0.631. The van der Waals surface area contributed by atoms with Gasteiger partial charge in [-0.25, -0.2) is 0 Å². The lowest BCUT2D eigenvalue weighted by Crippen LogP contribution is -2.32. The molecule has 0 saturated carbocycles. The summed E-state index contributed by atoms with van der Waals surface area (Å²) in [5, 5.41) is 18.4. The monoisotopic (exact) mass is 259 g/mol. The summed E-state index contributed by atoms with van der Waals surface area (Å²) in [4.78, 5) is 0. The standard InChI is InChI=1S/C12H22ClN3O/c1-6-14-8(4)11(17)9-10(7(2)3)15-16(5)12(9)13/h7-8,11,14,17H,6H2,1-5H3. The van der Waals surface area contributed by atoms with Crippen molar-refractivity contribution in [2.45, 2.75) is 45.8 Å². The number of nitrogens with one attached hydrogen (secondary N) is 1. The Morgan fingerprint density at radius 3 is 2.47 bits per heavy atom. The van der Waals surface area contributed by atoms with Gasteiger partial charge in [-0.05, 0) is 19.4 Å². The normalized spacial score (nSPS) is 15.3. The largest absolute Gasteiger partial charge is 0.387 e. The molecule has 2 unspecified atom stereocenters. The lowest BCUT2D eigenvalue weighted by Gasteiger charge is -2.20. The fraction of sp³-hybridized carbons (Fsp3) is 0.750. The van der Waals surface area contributed by atoms with E-state index in [2.05, 4.69) is 10.4 Å². The zero-order chi connectivity index (χ0) is 13.2. The number of nitrogens with zero attached hydrogens (tertiary/aromatic N) is 2. The Morgan fingerprint density at radius 2 is 2.00 bits per heavy atom. The number of aliphatic hydroxyl groups excluding tert-OH is 1. The molecule has 1 aromatic rings. The van der Waals surface area contributed by atoms with Crippen molar-refractivity contribution in [2.24, 2.45) is 7.05 Å². The maximum Gasteiger partial charge on any atom is 0.132 e. The van der Waals surface area contributed by atoms with Crippen LogP contribution in [0.5, 0.6) is 0 Å². The second-order valence-corrected chi connectivity index (χ2v) is 5.02. The fourth-order valence-corrected chi connectivity index (χ4v) is 2.17. The number of aliphatic hydroxyl groups is 1. The molecule has 0 fully saturated rings. The predicted octanol–water partition coefficient (Wildman–Crippen LogP) is 2.23. The van der Waals surface area contributed by atoms with Crippen molar-refractivity contribution >= 4 is 11.6 Å². The zero-order valence-electron chi connectivity index (χ0n) is 11.2. The minimum atomic E-state index is -0.631. The molecule has 4 nitrogen and oxygen atoms in total. The van der Waals surface area contributed by atoms with Gasteiger partial charge >= 0.3 is 0 Å². The van der Waals surface area contributed by atoms with Crippen LogP contribution in [0.4, 0.5) is 0 Å². The summed E-state index contributed by atoms with van der Waals surface area (Å²) in [5.74, 6) is 0.243. The zero-order valence-corrected chi connectivity index (χ0v) is 11.9. The van der Waals surface area contributed by atoms with E-state index in [4.69, 9.17) is 11.6 Å². The summed E-state index contributed by atoms with van der Waals surface area (Å²) < 4.78 is 1.62. The molecule has 17 heavy (non-hydrogen) atoms. The van der Waals surface area contributed by atoms with E-state index < -0.39 is 6.10 Å². The summed E-state index contributed by atoms with van der Waals surface area (Å²) >= 11 is 6.21. The first-order valence-corrected chi connectivity index (χ1v) is 6.41. The Kier molecular flexibility index (Phi) is 4.98. The van der Waals surface area contributed by atoms with Gasteiger partial charge in [0.15, 0.2) is 0 Å². The maximum absolute atomic E-state index is 10.3. The van der Waals surface area contributed by atoms with Gasteiger partial charge in [0, 0.05) is 18.7 Å². The Hall–Kier alpha value is -0.580. The SMILES string of the molecule is CCNC(C)C(O)c1c(C(C)C)nn(C)c1Cl. The molecule has 0 aliphatic carbocycles. The fourth-order valence-electron chi connectivity index (χ4n) is 1.92. The predicted molar refractivity (Wildman–Crippen MR) is 70.4 cm³/mol. The third-order valence-electron chi connectivity index (χ3n) is 2.88. The van der Waals surface area contributed by atoms with E-state index in [0.717, 1.165) is 17.8 Å². The molecule has 0 bridgehead atoms. The first-order chi connectivity index (χ1) is 7.90. The number of hydrogen-bond donors (Lipinski definition) is 2. The molecule has 1 rings (SSSR count). The van der Waals surface area contributed by atoms with Gasteiger partial charge in [0.25, 0.3) is 0 Å². The molecule has 1 aromatic heterocycles. The molecule has 1 heterocycles. The molecule has 2 atom stereocenters. The Bertz CT molecular complexity index is 376. The Morgan fingerprint density at radius 1 is 1.41 bits per heavy atom. The molecule has 0 amide bonds. The molecule has 0 radical (unpaired) electrons. The van der Waals surface area contributed by atoms with Crippen LogP contribution in [0.15, 0.2) is 0 Å². The van der Waals surface area contributed by atoms with Gasteiger partial charge in [0.05, 0.1) is 11.8 Å². The number of likely N-dealkylation sites (N-methyl/N-ethyl adjacent to an activating group) is 1. The summed E-state index contributed by atoms with van der Waals surface area (Å²) in [6, 6.07) is -0.0424. The second kappa shape index (κ2) is 5.85. The average Bonchev–Trinajstić information content (AvgIpc) is 2.55. The van der Waals surface area contributed by atoms with Crippen LogP contribution >= 0.6 is 11.6 Å². The van der Waals surface area contributed by atoms with Gasteiger partial charge in [-0.3, -0.25) is 4.68 Å². The van der Waals surface area contributed by atoms with Crippen molar-refractivity contribution in [1.29, 1.82) is 0 Å². The number of aromatic nitrogens is 2. The summed E-state index contributed by atoms with van der Waals surface area (Å²) in [6.45, 7) is 8.87. The number of aryl methyl sites for hydroxylation is 1. The maximum atomic E-state index is 10.3. The second-order valence-electron chi connectivity index (χ2n) is 4.66. The molecule has 0 saturated heterocycles. The highest BCUT2D eigenvalue weighted by atomic mass is 35.5. The van der Waals surface area contributed by atoms with Gasteiger partial charge in [-0.2, -0.15) is 5.10 Å². The summed E-state index contributed by atoms with van der Waals surface area (Å²) in [7, 11) is 1.79. The minimum Gasteiger partial charge on any atom is -0.387 e. The van der Waals surface area contributed by atoms with Crippen LogP contribution in [0.1, 0.15) is 51.0 Å². The molecule has 0 aliphatic rings. The topological polar surface area (TPSA) is 50.1 Å². The van der Waals surface area contributed by atoms with E-state index in [1.54, 1.807) is 11.7 Å². The third kappa shape index (κ3) is 3.00. The van der Waals surface area contributed by atoms with E-state index in [1.807, 2.05) is 27.7 Å². The van der Waals surface area contributed by atoms with Crippen LogP contribution in [0, 0.1) is 0 Å². The van der Waals surface area contributed by atoms with Crippen LogP contribution < -0.4 is 5.32 Å². The van der Waals surface area contributed by atoms with Gasteiger partial charge in [0.1, 0.15) is 5.15 Å². The lowest BCUT2D eigenvalue weighted by atomic mass is 9.98. The molecule has 0 spiro atoms. The van der Waals surface area contributed by atoms with Crippen LogP contribution in [0.25, 0.3) is 0 Å². The number of hydrogen-bond acceptors (Lipinski definition) is 3. The van der Waals surface area contributed by atoms with Crippen molar-refractivity contribution in [2.75, 3.05) is 6.54 Å². The van der Waals surface area contributed by atoms with E-state index in [-0.39, 0.29) is 12.0 Å². The molecular formula is C12H22ClN3O. The van der Waals surface area contributed by atoms with E-state index in [0.29, 0.717) is 5.15 Å². The van der Waals surface area contributed by atoms with Gasteiger partial charge in [-0.1, -0.05) is 32.4 Å². The Balaban J connectivity index is 3.10. The van der Waals surface area contributed by atoms with E-state index in [1.165, 1.54) is 0 Å².